The van der Waals surface area contributed by atoms with Crippen LogP contribution < -0.4 is 5.32 Å². The van der Waals surface area contributed by atoms with Gasteiger partial charge in [0.25, 0.3) is 5.91 Å². The van der Waals surface area contributed by atoms with Crippen molar-refractivity contribution in [2.75, 3.05) is 20.1 Å². The van der Waals surface area contributed by atoms with E-state index in [1.54, 1.807) is 10.9 Å². The molecular weight excluding hydrogens is 276 g/mol. The molecule has 1 aromatic carbocycles. The van der Waals surface area contributed by atoms with Gasteiger partial charge in [0.1, 0.15) is 0 Å². The first-order valence-electron chi connectivity index (χ1n) is 7.77. The summed E-state index contributed by atoms with van der Waals surface area (Å²) >= 11 is 0. The van der Waals surface area contributed by atoms with Gasteiger partial charge >= 0.3 is 0 Å². The number of hydrogen-bond acceptors (Lipinski definition) is 3. The first kappa shape index (κ1) is 14.8. The molecule has 1 fully saturated rings. The molecule has 5 nitrogen and oxygen atoms in total. The van der Waals surface area contributed by atoms with Crippen LogP contribution in [0, 0.1) is 6.92 Å². The largest absolute Gasteiger partial charge is 0.334 e. The molecule has 1 atom stereocenters. The molecule has 0 saturated carbocycles. The average molecular weight is 298 g/mol. The maximum absolute atomic E-state index is 12.7. The van der Waals surface area contributed by atoms with Crippen molar-refractivity contribution in [2.24, 2.45) is 0 Å². The number of rotatable bonds is 4. The van der Waals surface area contributed by atoms with E-state index in [1.807, 2.05) is 49.3 Å². The second kappa shape index (κ2) is 6.32. The first-order valence-corrected chi connectivity index (χ1v) is 7.77. The highest BCUT2D eigenvalue weighted by atomic mass is 16.2. The Bertz CT molecular complexity index is 664. The van der Waals surface area contributed by atoms with Crippen molar-refractivity contribution >= 4 is 5.91 Å². The van der Waals surface area contributed by atoms with E-state index in [0.717, 1.165) is 37.2 Å². The van der Waals surface area contributed by atoms with Gasteiger partial charge in [-0.2, -0.15) is 5.10 Å². The molecular formula is C17H22N4O. The molecule has 116 valence electrons. The predicted molar refractivity (Wildman–Crippen MR) is 86.3 cm³/mol. The maximum atomic E-state index is 12.7. The Labute approximate surface area is 130 Å². The van der Waals surface area contributed by atoms with Gasteiger partial charge in [-0.25, -0.2) is 4.68 Å². The summed E-state index contributed by atoms with van der Waals surface area (Å²) in [5, 5.41) is 7.53. The number of nitrogens with one attached hydrogen (secondary N) is 1. The van der Waals surface area contributed by atoms with Crippen molar-refractivity contribution in [3.05, 3.63) is 47.8 Å². The number of aryl methyl sites for hydroxylation is 1. The van der Waals surface area contributed by atoms with E-state index in [9.17, 15) is 4.79 Å². The molecule has 1 N–H and O–H groups in total. The van der Waals surface area contributed by atoms with E-state index in [0.29, 0.717) is 11.6 Å². The van der Waals surface area contributed by atoms with Crippen LogP contribution in [0.2, 0.25) is 0 Å². The highest BCUT2D eigenvalue weighted by molar-refractivity contribution is 5.94. The van der Waals surface area contributed by atoms with Crippen LogP contribution in [0.1, 0.15) is 28.8 Å². The Morgan fingerprint density at radius 3 is 3.00 bits per heavy atom. The smallest absolute Gasteiger partial charge is 0.257 e. The van der Waals surface area contributed by atoms with Crippen LogP contribution in [0.3, 0.4) is 0 Å². The highest BCUT2D eigenvalue weighted by Crippen LogP contribution is 2.20. The minimum Gasteiger partial charge on any atom is -0.334 e. The van der Waals surface area contributed by atoms with Crippen molar-refractivity contribution < 1.29 is 4.79 Å². The van der Waals surface area contributed by atoms with Crippen molar-refractivity contribution in [2.45, 2.75) is 25.8 Å². The SMILES string of the molecule is CNCC1CCCN1C(=O)c1cnn(-c2ccccc2C)c1. The van der Waals surface area contributed by atoms with Crippen LogP contribution in [0.4, 0.5) is 0 Å². The minimum absolute atomic E-state index is 0.0811. The van der Waals surface area contributed by atoms with E-state index in [1.165, 1.54) is 0 Å². The zero-order valence-electron chi connectivity index (χ0n) is 13.1. The standard InChI is InChI=1S/C17H22N4O/c1-13-6-3-4-8-16(13)21-12-14(10-19-21)17(22)20-9-5-7-15(20)11-18-2/h3-4,6,8,10,12,15,18H,5,7,9,11H2,1-2H3. The molecule has 1 amide bonds. The second-order valence-corrected chi connectivity index (χ2v) is 5.81. The third kappa shape index (κ3) is 2.76. The third-order valence-corrected chi connectivity index (χ3v) is 4.27. The average Bonchev–Trinajstić information content (AvgIpc) is 3.17. The Kier molecular flexibility index (Phi) is 4.24. The second-order valence-electron chi connectivity index (χ2n) is 5.81. The van der Waals surface area contributed by atoms with Gasteiger partial charge in [-0.3, -0.25) is 4.79 Å². The van der Waals surface area contributed by atoms with Crippen molar-refractivity contribution in [1.82, 2.24) is 20.0 Å². The van der Waals surface area contributed by atoms with Crippen LogP contribution in [-0.2, 0) is 0 Å². The number of likely N-dealkylation sites (N-methyl/N-ethyl adjacent to an activating group) is 1. The summed E-state index contributed by atoms with van der Waals surface area (Å²) in [7, 11) is 1.93. The lowest BCUT2D eigenvalue weighted by Gasteiger charge is -2.23. The van der Waals surface area contributed by atoms with E-state index in [4.69, 9.17) is 0 Å². The lowest BCUT2D eigenvalue weighted by atomic mass is 10.2. The number of amides is 1. The van der Waals surface area contributed by atoms with E-state index < -0.39 is 0 Å². The van der Waals surface area contributed by atoms with Crippen molar-refractivity contribution in [3.8, 4) is 5.69 Å². The Morgan fingerprint density at radius 1 is 1.41 bits per heavy atom. The van der Waals surface area contributed by atoms with Gasteiger partial charge in [0.2, 0.25) is 0 Å². The topological polar surface area (TPSA) is 50.2 Å². The summed E-state index contributed by atoms with van der Waals surface area (Å²) in [5.41, 5.74) is 2.81. The molecule has 1 aliphatic heterocycles. The summed E-state index contributed by atoms with van der Waals surface area (Å²) in [6.07, 6.45) is 5.64. The predicted octanol–water partition coefficient (Wildman–Crippen LogP) is 2.00. The fourth-order valence-electron chi connectivity index (χ4n) is 3.10. The lowest BCUT2D eigenvalue weighted by molar-refractivity contribution is 0.0737. The summed E-state index contributed by atoms with van der Waals surface area (Å²) in [6.45, 7) is 3.72. The fraction of sp³-hybridized carbons (Fsp3) is 0.412. The molecule has 2 heterocycles. The maximum Gasteiger partial charge on any atom is 0.257 e. The highest BCUT2D eigenvalue weighted by Gasteiger charge is 2.29. The van der Waals surface area contributed by atoms with Gasteiger partial charge < -0.3 is 10.2 Å². The van der Waals surface area contributed by atoms with Crippen molar-refractivity contribution in [3.63, 3.8) is 0 Å². The third-order valence-electron chi connectivity index (χ3n) is 4.27. The zero-order chi connectivity index (χ0) is 15.5. The number of likely N-dealkylation sites (tertiary alicyclic amines) is 1. The van der Waals surface area contributed by atoms with Crippen molar-refractivity contribution in [1.29, 1.82) is 0 Å². The summed E-state index contributed by atoms with van der Waals surface area (Å²) < 4.78 is 1.78. The van der Waals surface area contributed by atoms with Gasteiger partial charge in [-0.15, -0.1) is 0 Å². The molecule has 1 saturated heterocycles. The molecule has 0 aliphatic carbocycles. The molecule has 0 bridgehead atoms. The minimum atomic E-state index is 0.0811. The van der Waals surface area contributed by atoms with Crippen LogP contribution in [0.15, 0.2) is 36.7 Å². The summed E-state index contributed by atoms with van der Waals surface area (Å²) in [6, 6.07) is 8.33. The number of hydrogen-bond donors (Lipinski definition) is 1. The molecule has 1 unspecified atom stereocenters. The van der Waals surface area contributed by atoms with Gasteiger partial charge in [-0.05, 0) is 38.4 Å². The molecule has 22 heavy (non-hydrogen) atoms. The number of aromatic nitrogens is 2. The van der Waals surface area contributed by atoms with Crippen LogP contribution in [0.25, 0.3) is 5.69 Å². The molecule has 3 rings (SSSR count). The van der Waals surface area contributed by atoms with E-state index >= 15 is 0 Å². The fourth-order valence-corrected chi connectivity index (χ4v) is 3.10. The Balaban J connectivity index is 1.82. The van der Waals surface area contributed by atoms with Gasteiger partial charge in [0.15, 0.2) is 0 Å². The molecule has 2 aromatic rings. The summed E-state index contributed by atoms with van der Waals surface area (Å²) in [4.78, 5) is 14.7. The monoisotopic (exact) mass is 298 g/mol. The van der Waals surface area contributed by atoms with Gasteiger partial charge in [-0.1, -0.05) is 18.2 Å². The quantitative estimate of drug-likeness (QED) is 0.939. The van der Waals surface area contributed by atoms with Crippen LogP contribution >= 0.6 is 0 Å². The molecule has 1 aromatic heterocycles. The molecule has 1 aliphatic rings. The Morgan fingerprint density at radius 2 is 2.23 bits per heavy atom. The number of carbonyl (C=O) groups is 1. The normalized spacial score (nSPS) is 17.9. The number of nitrogens with zero attached hydrogens (tertiary/aromatic N) is 3. The van der Waals surface area contributed by atoms with Gasteiger partial charge in [0.05, 0.1) is 17.4 Å². The molecule has 0 spiro atoms. The van der Waals surface area contributed by atoms with Crippen LogP contribution in [-0.4, -0.2) is 46.8 Å². The number of carbonyl (C=O) groups excluding carboxylic acids is 1. The molecule has 5 heteroatoms. The first-order chi connectivity index (χ1) is 10.7. The lowest BCUT2D eigenvalue weighted by Crippen LogP contribution is -2.40. The number of benzene rings is 1. The van der Waals surface area contributed by atoms with E-state index in [2.05, 4.69) is 10.4 Å². The summed E-state index contributed by atoms with van der Waals surface area (Å²) in [5.74, 6) is 0.0811. The number of para-hydroxylation sites is 1. The zero-order valence-corrected chi connectivity index (χ0v) is 13.1. The van der Waals surface area contributed by atoms with E-state index in [-0.39, 0.29) is 5.91 Å². The van der Waals surface area contributed by atoms with Crippen LogP contribution in [0.5, 0.6) is 0 Å². The van der Waals surface area contributed by atoms with Gasteiger partial charge in [0, 0.05) is 25.3 Å². The molecule has 0 radical (unpaired) electrons. The Hall–Kier alpha value is -2.14.